The van der Waals surface area contributed by atoms with Crippen molar-refractivity contribution in [3.63, 3.8) is 0 Å². The van der Waals surface area contributed by atoms with E-state index in [1.807, 2.05) is 37.3 Å². The van der Waals surface area contributed by atoms with Crippen LogP contribution in [-0.2, 0) is 6.54 Å². The maximum Gasteiger partial charge on any atom is 0.170 e. The zero-order valence-electron chi connectivity index (χ0n) is 17.3. The first kappa shape index (κ1) is 18.3. The number of fused-ring (bicyclic) bond motifs is 3. The van der Waals surface area contributed by atoms with Crippen LogP contribution in [0.2, 0.25) is 0 Å². The number of aryl methyl sites for hydroxylation is 1. The molecule has 0 unspecified atom stereocenters. The van der Waals surface area contributed by atoms with Crippen molar-refractivity contribution in [3.05, 3.63) is 59.9 Å². The minimum atomic E-state index is 0.266. The second-order valence-corrected chi connectivity index (χ2v) is 8.15. The highest BCUT2D eigenvalue weighted by Gasteiger charge is 2.29. The molecule has 0 spiro atoms. The lowest BCUT2D eigenvalue weighted by Gasteiger charge is -2.24. The topological polar surface area (TPSA) is 78.0 Å². The minimum Gasteiger partial charge on any atom is -0.490 e. The van der Waals surface area contributed by atoms with Gasteiger partial charge in [-0.1, -0.05) is 41.6 Å². The molecule has 1 saturated heterocycles. The molecule has 4 heterocycles. The van der Waals surface area contributed by atoms with Crippen LogP contribution in [0.1, 0.15) is 24.2 Å². The number of nitrogens with one attached hydrogen (secondary N) is 1. The van der Waals surface area contributed by atoms with Crippen molar-refractivity contribution in [2.45, 2.75) is 32.4 Å². The van der Waals surface area contributed by atoms with Crippen LogP contribution in [0.5, 0.6) is 5.75 Å². The molecule has 1 fully saturated rings. The summed E-state index contributed by atoms with van der Waals surface area (Å²) in [6, 6.07) is 16.4. The van der Waals surface area contributed by atoms with E-state index in [1.165, 1.54) is 5.56 Å². The summed E-state index contributed by atoms with van der Waals surface area (Å²) in [5.41, 5.74) is 4.99. The summed E-state index contributed by atoms with van der Waals surface area (Å²) < 4.78 is 14.0. The first-order valence-corrected chi connectivity index (χ1v) is 10.7. The van der Waals surface area contributed by atoms with E-state index in [1.54, 1.807) is 0 Å². The van der Waals surface area contributed by atoms with Gasteiger partial charge in [-0.15, -0.1) is 10.2 Å². The van der Waals surface area contributed by atoms with Gasteiger partial charge in [0.2, 0.25) is 0 Å². The maximum absolute atomic E-state index is 6.25. The number of nitrogens with zero attached hydrogens (tertiary/aromatic N) is 4. The van der Waals surface area contributed by atoms with Crippen molar-refractivity contribution in [1.82, 2.24) is 25.2 Å². The van der Waals surface area contributed by atoms with Crippen molar-refractivity contribution in [3.8, 4) is 39.8 Å². The summed E-state index contributed by atoms with van der Waals surface area (Å²) in [6.07, 6.45) is 2.33. The number of hydrogen-bond donors (Lipinski definition) is 1. The number of hydrogen-bond acceptors (Lipinski definition) is 6. The zero-order chi connectivity index (χ0) is 20.8. The molecule has 1 N–H and O–H groups in total. The molecule has 6 rings (SSSR count). The summed E-state index contributed by atoms with van der Waals surface area (Å²) in [7, 11) is 0. The van der Waals surface area contributed by atoms with Gasteiger partial charge in [0.05, 0.1) is 12.1 Å². The Bertz CT molecular complexity index is 1240. The average molecular weight is 413 g/mol. The molecule has 7 heteroatoms. The standard InChI is InChI=1S/C24H23N5O2/c1-15-21(22(28-31-15)16-5-3-2-4-6-16)24-27-26-23-20-13-19(8-7-17(20)14-29(23)24)30-18-9-11-25-12-10-18/h2-8,13,18,25H,9-12,14H2,1H3. The van der Waals surface area contributed by atoms with E-state index >= 15 is 0 Å². The number of aromatic nitrogens is 4. The molecule has 0 saturated carbocycles. The molecule has 0 aliphatic carbocycles. The van der Waals surface area contributed by atoms with E-state index in [0.717, 1.165) is 78.0 Å². The molecular weight excluding hydrogens is 390 g/mol. The third-order valence-corrected chi connectivity index (χ3v) is 6.12. The largest absolute Gasteiger partial charge is 0.490 e. The highest BCUT2D eigenvalue weighted by atomic mass is 16.5. The molecule has 2 aromatic heterocycles. The van der Waals surface area contributed by atoms with Gasteiger partial charge in [0.15, 0.2) is 11.6 Å². The Labute approximate surface area is 180 Å². The van der Waals surface area contributed by atoms with Crippen LogP contribution in [0.15, 0.2) is 53.1 Å². The number of benzene rings is 2. The minimum absolute atomic E-state index is 0.266. The Kier molecular flexibility index (Phi) is 4.35. The van der Waals surface area contributed by atoms with Crippen molar-refractivity contribution < 1.29 is 9.26 Å². The molecule has 0 amide bonds. The van der Waals surface area contributed by atoms with Crippen molar-refractivity contribution in [1.29, 1.82) is 0 Å². The lowest BCUT2D eigenvalue weighted by atomic mass is 10.1. The second kappa shape index (κ2) is 7.35. The molecule has 4 aromatic rings. The van der Waals surface area contributed by atoms with E-state index in [0.29, 0.717) is 0 Å². The SMILES string of the molecule is Cc1onc(-c2ccccc2)c1-c1nnc2n1Cc1ccc(OC3CCNCC3)cc1-2. The van der Waals surface area contributed by atoms with E-state index in [4.69, 9.17) is 9.26 Å². The third kappa shape index (κ3) is 3.13. The van der Waals surface area contributed by atoms with Gasteiger partial charge in [0, 0.05) is 11.1 Å². The van der Waals surface area contributed by atoms with E-state index in [-0.39, 0.29) is 6.10 Å². The molecule has 31 heavy (non-hydrogen) atoms. The van der Waals surface area contributed by atoms with Crippen molar-refractivity contribution in [2.24, 2.45) is 0 Å². The molecular formula is C24H23N5O2. The zero-order valence-corrected chi connectivity index (χ0v) is 17.3. The van der Waals surface area contributed by atoms with Gasteiger partial charge in [-0.05, 0) is 50.6 Å². The lowest BCUT2D eigenvalue weighted by Crippen LogP contribution is -2.34. The van der Waals surface area contributed by atoms with E-state index < -0.39 is 0 Å². The van der Waals surface area contributed by atoms with Gasteiger partial charge < -0.3 is 19.1 Å². The summed E-state index contributed by atoms with van der Waals surface area (Å²) >= 11 is 0. The van der Waals surface area contributed by atoms with Gasteiger partial charge >= 0.3 is 0 Å². The van der Waals surface area contributed by atoms with Crippen LogP contribution < -0.4 is 10.1 Å². The Morgan fingerprint density at radius 3 is 2.68 bits per heavy atom. The second-order valence-electron chi connectivity index (χ2n) is 8.15. The predicted octanol–water partition coefficient (Wildman–Crippen LogP) is 4.07. The lowest BCUT2D eigenvalue weighted by molar-refractivity contribution is 0.162. The molecule has 0 atom stereocenters. The average Bonchev–Trinajstić information content (AvgIpc) is 3.48. The van der Waals surface area contributed by atoms with Crippen LogP contribution in [0.25, 0.3) is 34.0 Å². The number of rotatable bonds is 4. The summed E-state index contributed by atoms with van der Waals surface area (Å²) in [4.78, 5) is 0. The molecule has 2 aromatic carbocycles. The highest BCUT2D eigenvalue weighted by Crippen LogP contribution is 2.40. The fourth-order valence-electron chi connectivity index (χ4n) is 4.52. The molecule has 0 bridgehead atoms. The van der Waals surface area contributed by atoms with Crippen LogP contribution in [-0.4, -0.2) is 39.1 Å². The number of piperidine rings is 1. The van der Waals surface area contributed by atoms with Crippen molar-refractivity contribution in [2.75, 3.05) is 13.1 Å². The van der Waals surface area contributed by atoms with E-state index in [2.05, 4.69) is 43.4 Å². The predicted molar refractivity (Wildman–Crippen MR) is 117 cm³/mol. The highest BCUT2D eigenvalue weighted by molar-refractivity contribution is 5.80. The van der Waals surface area contributed by atoms with Crippen molar-refractivity contribution >= 4 is 0 Å². The van der Waals surface area contributed by atoms with Crippen LogP contribution in [0.4, 0.5) is 0 Å². The van der Waals surface area contributed by atoms with Crippen LogP contribution in [0.3, 0.4) is 0 Å². The van der Waals surface area contributed by atoms with Gasteiger partial charge in [0.1, 0.15) is 23.3 Å². The first-order valence-electron chi connectivity index (χ1n) is 10.7. The molecule has 2 aliphatic heterocycles. The fraction of sp³-hybridized carbons (Fsp3) is 0.292. The van der Waals surface area contributed by atoms with Crippen LogP contribution in [0, 0.1) is 6.92 Å². The summed E-state index contributed by atoms with van der Waals surface area (Å²) in [6.45, 7) is 4.66. The summed E-state index contributed by atoms with van der Waals surface area (Å²) in [5.74, 6) is 3.28. The quantitative estimate of drug-likeness (QED) is 0.479. The monoisotopic (exact) mass is 413 g/mol. The summed E-state index contributed by atoms with van der Waals surface area (Å²) in [5, 5.41) is 16.8. The number of ether oxygens (including phenoxy) is 1. The maximum atomic E-state index is 6.25. The van der Waals surface area contributed by atoms with Gasteiger partial charge in [0.25, 0.3) is 0 Å². The Balaban J connectivity index is 1.37. The Hall–Kier alpha value is -3.45. The molecule has 2 aliphatic rings. The Morgan fingerprint density at radius 1 is 1.03 bits per heavy atom. The third-order valence-electron chi connectivity index (χ3n) is 6.12. The molecule has 7 nitrogen and oxygen atoms in total. The van der Waals surface area contributed by atoms with Crippen LogP contribution >= 0.6 is 0 Å². The Morgan fingerprint density at radius 2 is 1.84 bits per heavy atom. The van der Waals surface area contributed by atoms with Gasteiger partial charge in [-0.3, -0.25) is 0 Å². The van der Waals surface area contributed by atoms with Gasteiger partial charge in [-0.2, -0.15) is 0 Å². The van der Waals surface area contributed by atoms with Gasteiger partial charge in [-0.25, -0.2) is 0 Å². The smallest absolute Gasteiger partial charge is 0.170 e. The molecule has 0 radical (unpaired) electrons. The fourth-order valence-corrected chi connectivity index (χ4v) is 4.52. The molecule has 156 valence electrons. The first-order chi connectivity index (χ1) is 15.3. The normalized spacial score (nSPS) is 15.6. The van der Waals surface area contributed by atoms with E-state index in [9.17, 15) is 0 Å².